The first-order valence-electron chi connectivity index (χ1n) is 10.3. The summed E-state index contributed by atoms with van der Waals surface area (Å²) >= 11 is 0. The maximum absolute atomic E-state index is 12.2. The number of benzene rings is 1. The molecule has 1 aliphatic heterocycles. The first kappa shape index (κ1) is 21.8. The summed E-state index contributed by atoms with van der Waals surface area (Å²) in [5, 5.41) is 18.6. The molecule has 2 aromatic heterocycles. The summed E-state index contributed by atoms with van der Waals surface area (Å²) in [4.78, 5) is 13.9. The highest BCUT2D eigenvalue weighted by Crippen LogP contribution is 2.35. The van der Waals surface area contributed by atoms with Crippen molar-refractivity contribution in [1.82, 2.24) is 19.7 Å². The monoisotopic (exact) mass is 445 g/mol. The number of amides is 1. The third kappa shape index (κ3) is 4.21. The van der Waals surface area contributed by atoms with Gasteiger partial charge < -0.3 is 29.8 Å². The van der Waals surface area contributed by atoms with Crippen LogP contribution in [0, 0.1) is 23.7 Å². The molecular weight excluding hydrogens is 422 g/mol. The standard InChI is InChI=1S/C24H23N5O4/c1-4-5-20(30)28-9-8-17(14-28)29-13-16(21-22(29)24(31)27-26-23(21)25)7-6-15-10-18(32-2)12-19(11-15)33-3/h10-13,17H,8-9,14H2,1-3H3,(H2,25,26)(H,27,31)/t17-/m0/s1. The molecule has 1 aliphatic rings. The lowest BCUT2D eigenvalue weighted by Gasteiger charge is -2.15. The highest BCUT2D eigenvalue weighted by molar-refractivity contribution is 5.97. The molecule has 3 N–H and O–H groups in total. The second-order valence-corrected chi connectivity index (χ2v) is 7.50. The number of methoxy groups -OCH3 is 2. The summed E-state index contributed by atoms with van der Waals surface area (Å²) < 4.78 is 12.5. The van der Waals surface area contributed by atoms with Gasteiger partial charge in [-0.15, -0.1) is 10.2 Å². The molecule has 33 heavy (non-hydrogen) atoms. The molecule has 1 fully saturated rings. The Hall–Kier alpha value is -4.37. The van der Waals surface area contributed by atoms with E-state index < -0.39 is 0 Å². The summed E-state index contributed by atoms with van der Waals surface area (Å²) in [5.74, 6) is 12.4. The number of hydrogen-bond donors (Lipinski definition) is 2. The van der Waals surface area contributed by atoms with Crippen molar-refractivity contribution in [2.75, 3.05) is 33.0 Å². The normalized spacial score (nSPS) is 14.9. The number of nitrogens with zero attached hydrogens (tertiary/aromatic N) is 4. The Labute approximate surface area is 191 Å². The van der Waals surface area contributed by atoms with E-state index in [1.165, 1.54) is 0 Å². The maximum Gasteiger partial charge on any atom is 0.298 e. The number of fused-ring (bicyclic) bond motifs is 1. The average Bonchev–Trinajstić information content (AvgIpc) is 3.46. The van der Waals surface area contributed by atoms with Crippen LogP contribution in [0.4, 0.5) is 5.82 Å². The smallest absolute Gasteiger partial charge is 0.298 e. The molecule has 0 aliphatic carbocycles. The van der Waals surface area contributed by atoms with Gasteiger partial charge in [0.1, 0.15) is 17.0 Å². The number of aromatic hydroxyl groups is 1. The summed E-state index contributed by atoms with van der Waals surface area (Å²) in [6.45, 7) is 2.66. The minimum Gasteiger partial charge on any atom is -0.497 e. The molecule has 0 radical (unpaired) electrons. The summed E-state index contributed by atoms with van der Waals surface area (Å²) in [6, 6.07) is 5.27. The Morgan fingerprint density at radius 1 is 1.18 bits per heavy atom. The zero-order valence-electron chi connectivity index (χ0n) is 18.5. The second-order valence-electron chi connectivity index (χ2n) is 7.50. The number of hydrogen-bond acceptors (Lipinski definition) is 7. The lowest BCUT2D eigenvalue weighted by Crippen LogP contribution is -2.27. The van der Waals surface area contributed by atoms with Crippen LogP contribution in [0.1, 0.15) is 30.5 Å². The van der Waals surface area contributed by atoms with Crippen molar-refractivity contribution in [2.24, 2.45) is 0 Å². The van der Waals surface area contributed by atoms with Gasteiger partial charge in [-0.3, -0.25) is 4.79 Å². The topological polar surface area (TPSA) is 116 Å². The van der Waals surface area contributed by atoms with Crippen LogP contribution < -0.4 is 15.2 Å². The minimum absolute atomic E-state index is 0.0860. The first-order chi connectivity index (χ1) is 15.9. The van der Waals surface area contributed by atoms with E-state index in [2.05, 4.69) is 33.9 Å². The summed E-state index contributed by atoms with van der Waals surface area (Å²) in [5.41, 5.74) is 7.84. The average molecular weight is 445 g/mol. The van der Waals surface area contributed by atoms with Crippen molar-refractivity contribution in [3.8, 4) is 41.1 Å². The van der Waals surface area contributed by atoms with Crippen LogP contribution in [0.25, 0.3) is 10.9 Å². The Balaban J connectivity index is 1.78. The van der Waals surface area contributed by atoms with Crippen LogP contribution in [0.15, 0.2) is 24.4 Å². The van der Waals surface area contributed by atoms with Crippen LogP contribution in [-0.2, 0) is 4.79 Å². The molecular formula is C24H23N5O4. The zero-order chi connectivity index (χ0) is 23.5. The van der Waals surface area contributed by atoms with E-state index in [0.29, 0.717) is 53.0 Å². The SMILES string of the molecule is CC#CC(=O)N1CC[C@H](n2cc(C#Cc3cc(OC)cc(OC)c3)c3c(N)nnc(O)c32)C1. The van der Waals surface area contributed by atoms with Gasteiger partial charge >= 0.3 is 0 Å². The Kier molecular flexibility index (Phi) is 5.97. The number of likely N-dealkylation sites (tertiary alicyclic amines) is 1. The quantitative estimate of drug-likeness (QED) is 0.592. The molecule has 168 valence electrons. The molecule has 1 atom stereocenters. The van der Waals surface area contributed by atoms with Gasteiger partial charge in [-0.25, -0.2) is 0 Å². The van der Waals surface area contributed by atoms with Crippen molar-refractivity contribution >= 4 is 22.6 Å². The maximum atomic E-state index is 12.2. The fourth-order valence-electron chi connectivity index (χ4n) is 3.95. The number of aromatic nitrogens is 3. The molecule has 3 heterocycles. The first-order valence-corrected chi connectivity index (χ1v) is 10.3. The predicted octanol–water partition coefficient (Wildman–Crippen LogP) is 1.93. The van der Waals surface area contributed by atoms with Gasteiger partial charge in [0.05, 0.1) is 31.2 Å². The van der Waals surface area contributed by atoms with Crippen LogP contribution >= 0.6 is 0 Å². The fourth-order valence-corrected chi connectivity index (χ4v) is 3.95. The van der Waals surface area contributed by atoms with Gasteiger partial charge in [-0.05, 0) is 31.4 Å². The van der Waals surface area contributed by atoms with Crippen molar-refractivity contribution in [3.63, 3.8) is 0 Å². The summed E-state index contributed by atoms with van der Waals surface area (Å²) in [7, 11) is 3.15. The Morgan fingerprint density at radius 2 is 1.91 bits per heavy atom. The molecule has 0 unspecified atom stereocenters. The lowest BCUT2D eigenvalue weighted by molar-refractivity contribution is -0.124. The molecule has 1 aromatic carbocycles. The molecule has 1 amide bonds. The van der Waals surface area contributed by atoms with Gasteiger partial charge in [0.15, 0.2) is 5.82 Å². The largest absolute Gasteiger partial charge is 0.497 e. The van der Waals surface area contributed by atoms with Crippen LogP contribution in [-0.4, -0.2) is 58.0 Å². The Morgan fingerprint density at radius 3 is 2.58 bits per heavy atom. The number of carbonyl (C=O) groups excluding carboxylic acids is 1. The van der Waals surface area contributed by atoms with E-state index in [-0.39, 0.29) is 23.6 Å². The molecule has 9 heteroatoms. The minimum atomic E-state index is -0.242. The highest BCUT2D eigenvalue weighted by atomic mass is 16.5. The van der Waals surface area contributed by atoms with Crippen molar-refractivity contribution < 1.29 is 19.4 Å². The zero-order valence-corrected chi connectivity index (χ0v) is 18.5. The van der Waals surface area contributed by atoms with E-state index in [0.717, 1.165) is 0 Å². The fraction of sp³-hybridized carbons (Fsp3) is 0.292. The van der Waals surface area contributed by atoms with Crippen LogP contribution in [0.2, 0.25) is 0 Å². The number of anilines is 1. The van der Waals surface area contributed by atoms with Gasteiger partial charge in [0, 0.05) is 30.9 Å². The number of ether oxygens (including phenoxy) is 2. The summed E-state index contributed by atoms with van der Waals surface area (Å²) in [6.07, 6.45) is 2.52. The molecule has 3 aromatic rings. The predicted molar refractivity (Wildman–Crippen MR) is 123 cm³/mol. The number of nitrogens with two attached hydrogens (primary N) is 1. The van der Waals surface area contributed by atoms with Crippen LogP contribution in [0.5, 0.6) is 17.4 Å². The third-order valence-corrected chi connectivity index (χ3v) is 5.52. The van der Waals surface area contributed by atoms with E-state index in [1.807, 2.05) is 10.8 Å². The molecule has 0 spiro atoms. The van der Waals surface area contributed by atoms with E-state index in [1.54, 1.807) is 44.2 Å². The highest BCUT2D eigenvalue weighted by Gasteiger charge is 2.29. The van der Waals surface area contributed by atoms with E-state index in [4.69, 9.17) is 15.2 Å². The van der Waals surface area contributed by atoms with Gasteiger partial charge in [0.25, 0.3) is 11.8 Å². The second kappa shape index (κ2) is 9.01. The van der Waals surface area contributed by atoms with Crippen molar-refractivity contribution in [2.45, 2.75) is 19.4 Å². The van der Waals surface area contributed by atoms with E-state index in [9.17, 15) is 9.90 Å². The number of carbonyl (C=O) groups is 1. The number of rotatable bonds is 3. The van der Waals surface area contributed by atoms with Crippen LogP contribution in [0.3, 0.4) is 0 Å². The van der Waals surface area contributed by atoms with Gasteiger partial charge in [-0.1, -0.05) is 17.8 Å². The number of nitrogen functional groups attached to an aromatic ring is 1. The molecule has 4 rings (SSSR count). The van der Waals surface area contributed by atoms with Crippen molar-refractivity contribution in [3.05, 3.63) is 35.5 Å². The van der Waals surface area contributed by atoms with Gasteiger partial charge in [-0.2, -0.15) is 0 Å². The molecule has 0 saturated carbocycles. The lowest BCUT2D eigenvalue weighted by atomic mass is 10.1. The van der Waals surface area contributed by atoms with Gasteiger partial charge in [0.2, 0.25) is 0 Å². The third-order valence-electron chi connectivity index (χ3n) is 5.52. The molecule has 9 nitrogen and oxygen atoms in total. The van der Waals surface area contributed by atoms with E-state index >= 15 is 0 Å². The van der Waals surface area contributed by atoms with Crippen molar-refractivity contribution in [1.29, 1.82) is 0 Å². The Bertz CT molecular complexity index is 1330. The molecule has 1 saturated heterocycles. The molecule has 0 bridgehead atoms.